The van der Waals surface area contributed by atoms with Crippen molar-refractivity contribution in [2.24, 2.45) is 0 Å². The maximum Gasteiger partial charge on any atom is 0.264 e. The van der Waals surface area contributed by atoms with E-state index in [0.717, 1.165) is 17.5 Å². The Bertz CT molecular complexity index is 667. The topological polar surface area (TPSA) is 40.5 Å². The number of likely N-dealkylation sites (tertiary alicyclic amines) is 1. The molecule has 0 bridgehead atoms. The molecule has 3 nitrogen and oxygen atoms in total. The molecule has 1 aromatic heterocycles. The molecule has 0 aliphatic carbocycles. The number of thiophene rings is 1. The van der Waals surface area contributed by atoms with Crippen LogP contribution in [0.5, 0.6) is 0 Å². The number of piperidine rings is 1. The predicted octanol–water partition coefficient (Wildman–Crippen LogP) is 2.95. The molecule has 1 aliphatic heterocycles. The third-order valence-electron chi connectivity index (χ3n) is 3.78. The molecule has 20 heavy (non-hydrogen) atoms. The number of hydrogen-bond donors (Lipinski definition) is 1. The molecule has 3 rings (SSSR count). The molecule has 1 saturated heterocycles. The van der Waals surface area contributed by atoms with Crippen molar-refractivity contribution in [3.05, 3.63) is 34.5 Å². The van der Waals surface area contributed by atoms with Gasteiger partial charge in [-0.15, -0.1) is 11.3 Å². The first-order valence-corrected chi connectivity index (χ1v) is 7.54. The highest BCUT2D eigenvalue weighted by Gasteiger charge is 2.26. The Kier molecular flexibility index (Phi) is 3.48. The van der Waals surface area contributed by atoms with E-state index in [1.807, 2.05) is 6.07 Å². The van der Waals surface area contributed by atoms with Crippen molar-refractivity contribution in [2.75, 3.05) is 13.1 Å². The summed E-state index contributed by atoms with van der Waals surface area (Å²) in [5, 5.41) is 10.2. The Morgan fingerprint density at radius 1 is 1.50 bits per heavy atom. The zero-order valence-corrected chi connectivity index (χ0v) is 12.0. The van der Waals surface area contributed by atoms with Crippen LogP contribution in [-0.4, -0.2) is 35.1 Å². The highest BCUT2D eigenvalue weighted by atomic mass is 32.1. The Labute approximate surface area is 120 Å². The first kappa shape index (κ1) is 13.5. The van der Waals surface area contributed by atoms with E-state index in [1.165, 1.54) is 17.4 Å². The zero-order chi connectivity index (χ0) is 14.3. The van der Waals surface area contributed by atoms with Crippen LogP contribution in [0, 0.1) is 12.7 Å². The van der Waals surface area contributed by atoms with Gasteiger partial charge in [-0.25, -0.2) is 4.39 Å². The van der Waals surface area contributed by atoms with Crippen molar-refractivity contribution in [1.29, 1.82) is 0 Å². The van der Waals surface area contributed by atoms with Crippen molar-refractivity contribution < 1.29 is 14.3 Å². The smallest absolute Gasteiger partial charge is 0.264 e. The molecule has 106 valence electrons. The van der Waals surface area contributed by atoms with Gasteiger partial charge in [-0.3, -0.25) is 4.79 Å². The first-order valence-electron chi connectivity index (χ1n) is 6.73. The molecule has 1 unspecified atom stereocenters. The summed E-state index contributed by atoms with van der Waals surface area (Å²) in [4.78, 5) is 14.8. The molecule has 1 aromatic carbocycles. The van der Waals surface area contributed by atoms with E-state index in [1.54, 1.807) is 17.9 Å². The number of rotatable bonds is 1. The van der Waals surface area contributed by atoms with Gasteiger partial charge in [0, 0.05) is 23.2 Å². The number of β-amino-alcohol motifs (C(OH)–C–C–N with tert-alkyl or cyclic N) is 1. The summed E-state index contributed by atoms with van der Waals surface area (Å²) < 4.78 is 14.7. The average Bonchev–Trinajstić information content (AvgIpc) is 2.76. The first-order chi connectivity index (χ1) is 9.58. The predicted molar refractivity (Wildman–Crippen MR) is 77.7 cm³/mol. The van der Waals surface area contributed by atoms with E-state index < -0.39 is 6.10 Å². The van der Waals surface area contributed by atoms with Crippen molar-refractivity contribution in [3.8, 4) is 0 Å². The molecule has 0 spiro atoms. The van der Waals surface area contributed by atoms with Crippen LogP contribution < -0.4 is 0 Å². The fraction of sp³-hybridized carbons (Fsp3) is 0.400. The van der Waals surface area contributed by atoms with Gasteiger partial charge < -0.3 is 10.0 Å². The van der Waals surface area contributed by atoms with E-state index in [9.17, 15) is 14.3 Å². The second kappa shape index (κ2) is 5.14. The summed E-state index contributed by atoms with van der Waals surface area (Å²) in [6, 6.07) is 4.91. The Morgan fingerprint density at radius 2 is 2.30 bits per heavy atom. The molecule has 1 amide bonds. The lowest BCUT2D eigenvalue weighted by Gasteiger charge is -2.29. The second-order valence-corrected chi connectivity index (χ2v) is 6.27. The minimum atomic E-state index is -0.445. The number of carbonyl (C=O) groups excluding carboxylic acids is 1. The van der Waals surface area contributed by atoms with E-state index in [2.05, 4.69) is 0 Å². The fourth-order valence-corrected chi connectivity index (χ4v) is 3.93. The van der Waals surface area contributed by atoms with Gasteiger partial charge >= 0.3 is 0 Å². The number of amides is 1. The minimum absolute atomic E-state index is 0.0955. The zero-order valence-electron chi connectivity index (χ0n) is 11.2. The maximum atomic E-state index is 13.9. The molecule has 1 fully saturated rings. The summed E-state index contributed by atoms with van der Waals surface area (Å²) in [5.74, 6) is -0.379. The second-order valence-electron chi connectivity index (χ2n) is 5.22. The normalized spacial score (nSPS) is 19.6. The standard InChI is InChI=1S/C15H16FNO2S/c1-9-13-11(16)5-2-6-12(13)20-14(9)15(19)17-7-3-4-10(18)8-17/h2,5-6,10,18H,3-4,7-8H2,1H3. The molecular formula is C15H16FNO2S. The third-order valence-corrected chi connectivity index (χ3v) is 5.03. The van der Waals surface area contributed by atoms with E-state index in [-0.39, 0.29) is 11.7 Å². The van der Waals surface area contributed by atoms with E-state index in [0.29, 0.717) is 28.9 Å². The van der Waals surface area contributed by atoms with Gasteiger partial charge in [-0.2, -0.15) is 0 Å². The molecule has 1 atom stereocenters. The Morgan fingerprint density at radius 3 is 3.00 bits per heavy atom. The highest BCUT2D eigenvalue weighted by molar-refractivity contribution is 7.21. The number of hydrogen-bond acceptors (Lipinski definition) is 3. The lowest BCUT2D eigenvalue weighted by molar-refractivity contribution is 0.0477. The van der Waals surface area contributed by atoms with Crippen molar-refractivity contribution in [2.45, 2.75) is 25.9 Å². The molecule has 1 N–H and O–H groups in total. The van der Waals surface area contributed by atoms with Crippen LogP contribution in [0.3, 0.4) is 0 Å². The number of halogens is 1. The van der Waals surface area contributed by atoms with Gasteiger partial charge in [0.25, 0.3) is 5.91 Å². The van der Waals surface area contributed by atoms with Crippen molar-refractivity contribution in [3.63, 3.8) is 0 Å². The number of fused-ring (bicyclic) bond motifs is 1. The number of benzene rings is 1. The maximum absolute atomic E-state index is 13.9. The summed E-state index contributed by atoms with van der Waals surface area (Å²) in [6.45, 7) is 2.82. The van der Waals surface area contributed by atoms with Crippen LogP contribution in [0.1, 0.15) is 28.1 Å². The quantitative estimate of drug-likeness (QED) is 0.878. The van der Waals surface area contributed by atoms with Gasteiger partial charge in [0.2, 0.25) is 0 Å². The Balaban J connectivity index is 1.99. The average molecular weight is 293 g/mol. The van der Waals surface area contributed by atoms with Crippen LogP contribution in [0.4, 0.5) is 4.39 Å². The number of aliphatic hydroxyl groups excluding tert-OH is 1. The van der Waals surface area contributed by atoms with Crippen molar-refractivity contribution >= 4 is 27.3 Å². The molecule has 5 heteroatoms. The molecule has 2 heterocycles. The van der Waals surface area contributed by atoms with Crippen LogP contribution in [0.25, 0.3) is 10.1 Å². The largest absolute Gasteiger partial charge is 0.391 e. The van der Waals surface area contributed by atoms with Crippen LogP contribution in [0.15, 0.2) is 18.2 Å². The summed E-state index contributed by atoms with van der Waals surface area (Å²) in [5.41, 5.74) is 0.702. The fourth-order valence-electron chi connectivity index (χ4n) is 2.74. The van der Waals surface area contributed by atoms with Gasteiger partial charge in [0.15, 0.2) is 0 Å². The van der Waals surface area contributed by atoms with Crippen LogP contribution in [0.2, 0.25) is 0 Å². The van der Waals surface area contributed by atoms with E-state index >= 15 is 0 Å². The summed E-state index contributed by atoms with van der Waals surface area (Å²) in [6.07, 6.45) is 1.11. The number of carbonyl (C=O) groups is 1. The molecule has 2 aromatic rings. The highest BCUT2D eigenvalue weighted by Crippen LogP contribution is 2.33. The van der Waals surface area contributed by atoms with Gasteiger partial charge in [0.05, 0.1) is 11.0 Å². The third kappa shape index (κ3) is 2.21. The number of aliphatic hydroxyl groups is 1. The molecular weight excluding hydrogens is 277 g/mol. The number of aryl methyl sites for hydroxylation is 1. The van der Waals surface area contributed by atoms with Gasteiger partial charge in [-0.05, 0) is 37.5 Å². The summed E-state index contributed by atoms with van der Waals surface area (Å²) in [7, 11) is 0. The molecule has 1 aliphatic rings. The van der Waals surface area contributed by atoms with Crippen LogP contribution >= 0.6 is 11.3 Å². The SMILES string of the molecule is Cc1c(C(=O)N2CCCC(O)C2)sc2cccc(F)c12. The van der Waals surface area contributed by atoms with Crippen molar-refractivity contribution in [1.82, 2.24) is 4.90 Å². The number of nitrogens with zero attached hydrogens (tertiary/aromatic N) is 1. The monoisotopic (exact) mass is 293 g/mol. The van der Waals surface area contributed by atoms with Gasteiger partial charge in [0.1, 0.15) is 5.82 Å². The van der Waals surface area contributed by atoms with Crippen LogP contribution in [-0.2, 0) is 0 Å². The minimum Gasteiger partial charge on any atom is -0.391 e. The lowest BCUT2D eigenvalue weighted by Crippen LogP contribution is -2.42. The Hall–Kier alpha value is -1.46. The lowest BCUT2D eigenvalue weighted by atomic mass is 10.1. The summed E-state index contributed by atoms with van der Waals surface area (Å²) >= 11 is 1.33. The molecule has 0 radical (unpaired) electrons. The molecule has 0 saturated carbocycles. The van der Waals surface area contributed by atoms with E-state index in [4.69, 9.17) is 0 Å². The van der Waals surface area contributed by atoms with Gasteiger partial charge in [-0.1, -0.05) is 6.07 Å².